The fraction of sp³-hybridized carbons (Fsp3) is 0.353. The van der Waals surface area contributed by atoms with Gasteiger partial charge in [0.25, 0.3) is 5.91 Å². The number of thiophene rings is 1. The van der Waals surface area contributed by atoms with Gasteiger partial charge >= 0.3 is 0 Å². The first-order chi connectivity index (χ1) is 11.7. The number of rotatable bonds is 3. The number of ether oxygens (including phenoxy) is 1. The Morgan fingerprint density at radius 1 is 1.38 bits per heavy atom. The standard InChI is InChI=1S/C17H18N4O2S/c1-11-8-20(9-15-18-19-16(10-23-2)21(11)15)17(22)14-7-12-5-3-4-6-13(12)24-14/h3-7,11H,8-10H2,1-2H3/t11-/m0/s1. The SMILES string of the molecule is COCc1nnc2n1[C@@H](C)CN(C(=O)c1cc3ccccc3s1)C2. The lowest BCUT2D eigenvalue weighted by atomic mass is 10.2. The number of hydrogen-bond acceptors (Lipinski definition) is 5. The molecule has 0 bridgehead atoms. The van der Waals surface area contributed by atoms with Crippen LogP contribution in [0, 0.1) is 0 Å². The molecule has 1 aliphatic heterocycles. The molecular formula is C17H18N4O2S. The van der Waals surface area contributed by atoms with Crippen molar-refractivity contribution in [2.75, 3.05) is 13.7 Å². The predicted octanol–water partition coefficient (Wildman–Crippen LogP) is 2.86. The molecule has 0 fully saturated rings. The van der Waals surface area contributed by atoms with Gasteiger partial charge in [0.2, 0.25) is 0 Å². The molecule has 1 amide bonds. The van der Waals surface area contributed by atoms with Crippen LogP contribution in [-0.2, 0) is 17.9 Å². The zero-order valence-electron chi connectivity index (χ0n) is 13.6. The van der Waals surface area contributed by atoms with E-state index in [-0.39, 0.29) is 11.9 Å². The quantitative estimate of drug-likeness (QED) is 0.734. The second-order valence-corrected chi connectivity index (χ2v) is 7.10. The summed E-state index contributed by atoms with van der Waals surface area (Å²) < 4.78 is 8.39. The van der Waals surface area contributed by atoms with E-state index in [0.717, 1.165) is 26.6 Å². The van der Waals surface area contributed by atoms with E-state index in [4.69, 9.17) is 4.74 Å². The lowest BCUT2D eigenvalue weighted by molar-refractivity contribution is 0.0680. The van der Waals surface area contributed by atoms with Gasteiger partial charge in [0, 0.05) is 18.4 Å². The molecule has 124 valence electrons. The van der Waals surface area contributed by atoms with Crippen LogP contribution >= 0.6 is 11.3 Å². The summed E-state index contributed by atoms with van der Waals surface area (Å²) in [5, 5.41) is 9.54. The Bertz CT molecular complexity index is 868. The number of methoxy groups -OCH3 is 1. The zero-order valence-corrected chi connectivity index (χ0v) is 14.4. The van der Waals surface area contributed by atoms with Gasteiger partial charge in [-0.25, -0.2) is 0 Å². The highest BCUT2D eigenvalue weighted by molar-refractivity contribution is 7.20. The Labute approximate surface area is 143 Å². The number of hydrogen-bond donors (Lipinski definition) is 0. The van der Waals surface area contributed by atoms with Gasteiger partial charge in [-0.05, 0) is 24.4 Å². The summed E-state index contributed by atoms with van der Waals surface area (Å²) in [4.78, 5) is 15.5. The average molecular weight is 342 g/mol. The van der Waals surface area contributed by atoms with Crippen molar-refractivity contribution in [3.05, 3.63) is 46.9 Å². The van der Waals surface area contributed by atoms with Crippen LogP contribution in [0.3, 0.4) is 0 Å². The molecule has 0 N–H and O–H groups in total. The summed E-state index contributed by atoms with van der Waals surface area (Å²) in [7, 11) is 1.65. The Hall–Kier alpha value is -2.25. The molecule has 2 aromatic heterocycles. The number of amides is 1. The average Bonchev–Trinajstić information content (AvgIpc) is 3.18. The Balaban J connectivity index is 1.61. The first-order valence-corrected chi connectivity index (χ1v) is 8.68. The van der Waals surface area contributed by atoms with Crippen LogP contribution in [0.2, 0.25) is 0 Å². The van der Waals surface area contributed by atoms with Crippen LogP contribution in [0.25, 0.3) is 10.1 Å². The Morgan fingerprint density at radius 2 is 2.21 bits per heavy atom. The van der Waals surface area contributed by atoms with E-state index in [1.54, 1.807) is 18.4 Å². The highest BCUT2D eigenvalue weighted by Gasteiger charge is 2.30. The fourth-order valence-electron chi connectivity index (χ4n) is 3.24. The maximum Gasteiger partial charge on any atom is 0.264 e. The molecule has 6 nitrogen and oxygen atoms in total. The summed E-state index contributed by atoms with van der Waals surface area (Å²) in [5.74, 6) is 1.69. The lowest BCUT2D eigenvalue weighted by Crippen LogP contribution is -2.40. The van der Waals surface area contributed by atoms with E-state index >= 15 is 0 Å². The van der Waals surface area contributed by atoms with E-state index in [2.05, 4.69) is 21.7 Å². The molecule has 0 radical (unpaired) electrons. The second kappa shape index (κ2) is 5.99. The molecule has 24 heavy (non-hydrogen) atoms. The topological polar surface area (TPSA) is 60.3 Å². The summed E-state index contributed by atoms with van der Waals surface area (Å²) in [6.45, 7) is 3.64. The molecule has 0 aliphatic carbocycles. The van der Waals surface area contributed by atoms with Crippen molar-refractivity contribution >= 4 is 27.3 Å². The summed E-state index contributed by atoms with van der Waals surface area (Å²) in [6.07, 6.45) is 0. The largest absolute Gasteiger partial charge is 0.377 e. The van der Waals surface area contributed by atoms with Gasteiger partial charge < -0.3 is 14.2 Å². The van der Waals surface area contributed by atoms with Crippen LogP contribution in [-0.4, -0.2) is 39.2 Å². The van der Waals surface area contributed by atoms with Crippen molar-refractivity contribution in [3.8, 4) is 0 Å². The monoisotopic (exact) mass is 342 g/mol. The van der Waals surface area contributed by atoms with Gasteiger partial charge in [-0.2, -0.15) is 0 Å². The van der Waals surface area contributed by atoms with Crippen LogP contribution in [0.5, 0.6) is 0 Å². The third kappa shape index (κ3) is 2.50. The van der Waals surface area contributed by atoms with Crippen molar-refractivity contribution in [2.45, 2.75) is 26.1 Å². The molecule has 0 unspecified atom stereocenters. The molecule has 1 aliphatic rings. The maximum atomic E-state index is 12.9. The number of carbonyl (C=O) groups excluding carboxylic acids is 1. The van der Waals surface area contributed by atoms with E-state index in [1.807, 2.05) is 35.2 Å². The number of fused-ring (bicyclic) bond motifs is 2. The highest BCUT2D eigenvalue weighted by Crippen LogP contribution is 2.29. The van der Waals surface area contributed by atoms with Gasteiger partial charge in [0.1, 0.15) is 6.61 Å². The maximum absolute atomic E-state index is 12.9. The molecular weight excluding hydrogens is 324 g/mol. The highest BCUT2D eigenvalue weighted by atomic mass is 32.1. The van der Waals surface area contributed by atoms with Gasteiger partial charge in [-0.1, -0.05) is 18.2 Å². The van der Waals surface area contributed by atoms with Crippen molar-refractivity contribution in [2.24, 2.45) is 0 Å². The molecule has 7 heteroatoms. The van der Waals surface area contributed by atoms with Crippen LogP contribution < -0.4 is 0 Å². The minimum Gasteiger partial charge on any atom is -0.377 e. The first kappa shape index (κ1) is 15.3. The summed E-state index contributed by atoms with van der Waals surface area (Å²) >= 11 is 1.54. The number of benzene rings is 1. The van der Waals surface area contributed by atoms with Gasteiger partial charge in [0.15, 0.2) is 11.6 Å². The molecule has 1 atom stereocenters. The van der Waals surface area contributed by atoms with Gasteiger partial charge in [-0.3, -0.25) is 4.79 Å². The molecule has 0 saturated heterocycles. The third-order valence-corrected chi connectivity index (χ3v) is 5.40. The smallest absolute Gasteiger partial charge is 0.264 e. The Kier molecular flexibility index (Phi) is 3.82. The first-order valence-electron chi connectivity index (χ1n) is 7.87. The zero-order chi connectivity index (χ0) is 16.7. The minimum atomic E-state index is 0.0607. The van der Waals surface area contributed by atoms with E-state index in [9.17, 15) is 4.79 Å². The van der Waals surface area contributed by atoms with Crippen LogP contribution in [0.1, 0.15) is 34.3 Å². The van der Waals surface area contributed by atoms with Gasteiger partial charge in [-0.15, -0.1) is 21.5 Å². The number of carbonyl (C=O) groups is 1. The minimum absolute atomic E-state index is 0.0607. The normalized spacial score (nSPS) is 17.2. The van der Waals surface area contributed by atoms with E-state index in [1.165, 1.54) is 0 Å². The van der Waals surface area contributed by atoms with Crippen LogP contribution in [0.15, 0.2) is 30.3 Å². The molecule has 0 spiro atoms. The molecule has 3 heterocycles. The van der Waals surface area contributed by atoms with Crippen molar-refractivity contribution in [3.63, 3.8) is 0 Å². The Morgan fingerprint density at radius 3 is 3.00 bits per heavy atom. The molecule has 3 aromatic rings. The van der Waals surface area contributed by atoms with Crippen molar-refractivity contribution in [1.82, 2.24) is 19.7 Å². The molecule has 1 aromatic carbocycles. The molecule has 0 saturated carbocycles. The van der Waals surface area contributed by atoms with E-state index in [0.29, 0.717) is 19.7 Å². The van der Waals surface area contributed by atoms with Crippen molar-refractivity contribution in [1.29, 1.82) is 0 Å². The number of nitrogens with zero attached hydrogens (tertiary/aromatic N) is 4. The lowest BCUT2D eigenvalue weighted by Gasteiger charge is -2.32. The summed E-state index contributed by atoms with van der Waals surface area (Å²) in [6, 6.07) is 10.2. The fourth-order valence-corrected chi connectivity index (χ4v) is 4.27. The number of aromatic nitrogens is 3. The van der Waals surface area contributed by atoms with Gasteiger partial charge in [0.05, 0.1) is 17.5 Å². The van der Waals surface area contributed by atoms with Crippen LogP contribution in [0.4, 0.5) is 0 Å². The molecule has 4 rings (SSSR count). The van der Waals surface area contributed by atoms with E-state index < -0.39 is 0 Å². The predicted molar refractivity (Wildman–Crippen MR) is 92.0 cm³/mol. The second-order valence-electron chi connectivity index (χ2n) is 6.02. The van der Waals surface area contributed by atoms with Crippen molar-refractivity contribution < 1.29 is 9.53 Å². The third-order valence-electron chi connectivity index (χ3n) is 4.29. The summed E-state index contributed by atoms with van der Waals surface area (Å²) in [5.41, 5.74) is 0.